The zero-order chi connectivity index (χ0) is 19.6. The van der Waals surface area contributed by atoms with Gasteiger partial charge < -0.3 is 20.5 Å². The third-order valence-corrected chi connectivity index (χ3v) is 4.76. The van der Waals surface area contributed by atoms with Gasteiger partial charge in [-0.3, -0.25) is 4.90 Å². The van der Waals surface area contributed by atoms with Crippen molar-refractivity contribution in [3.8, 4) is 5.75 Å². The van der Waals surface area contributed by atoms with E-state index in [9.17, 15) is 5.11 Å². The molecule has 2 aromatic rings. The summed E-state index contributed by atoms with van der Waals surface area (Å²) in [6.07, 6.45) is 0. The van der Waals surface area contributed by atoms with Gasteiger partial charge in [0, 0.05) is 32.7 Å². The molecule has 1 aliphatic heterocycles. The van der Waals surface area contributed by atoms with E-state index in [1.54, 1.807) is 12.1 Å². The molecule has 0 amide bonds. The van der Waals surface area contributed by atoms with Crippen molar-refractivity contribution in [3.63, 3.8) is 0 Å². The molecular weight excluding hydrogens is 352 g/mol. The number of benzene rings is 2. The van der Waals surface area contributed by atoms with Gasteiger partial charge in [-0.1, -0.05) is 36.4 Å². The molecule has 2 aromatic carbocycles. The fourth-order valence-corrected chi connectivity index (χ4v) is 3.18. The topological polar surface area (TPSA) is 69.1 Å². The van der Waals surface area contributed by atoms with Crippen LogP contribution >= 0.6 is 0 Å². The number of nitrogens with one attached hydrogen (secondary N) is 2. The van der Waals surface area contributed by atoms with E-state index in [1.165, 1.54) is 11.1 Å². The summed E-state index contributed by atoms with van der Waals surface area (Å²) >= 11 is 0. The zero-order valence-corrected chi connectivity index (χ0v) is 16.5. The number of ether oxygens (including phenoxy) is 1. The molecule has 3 N–H and O–H groups in total. The van der Waals surface area contributed by atoms with Crippen LogP contribution < -0.4 is 10.6 Å². The van der Waals surface area contributed by atoms with Crippen LogP contribution in [0, 0.1) is 0 Å². The highest BCUT2D eigenvalue weighted by molar-refractivity contribution is 5.79. The van der Waals surface area contributed by atoms with Gasteiger partial charge in [0.25, 0.3) is 0 Å². The first-order chi connectivity index (χ1) is 13.7. The second-order valence-electron chi connectivity index (χ2n) is 6.87. The maximum absolute atomic E-state index is 9.40. The lowest BCUT2D eigenvalue weighted by Crippen LogP contribution is -2.38. The number of hydrogen-bond acceptors (Lipinski definition) is 4. The molecule has 0 aliphatic carbocycles. The van der Waals surface area contributed by atoms with Crippen LogP contribution in [0.2, 0.25) is 0 Å². The largest absolute Gasteiger partial charge is 0.508 e. The van der Waals surface area contributed by atoms with Crippen LogP contribution in [-0.2, 0) is 24.4 Å². The molecule has 0 saturated carbocycles. The van der Waals surface area contributed by atoms with E-state index in [4.69, 9.17) is 4.74 Å². The Labute approximate surface area is 167 Å². The maximum Gasteiger partial charge on any atom is 0.191 e. The Balaban J connectivity index is 1.61. The first kappa shape index (κ1) is 20.2. The standard InChI is InChI=1S/C22H30N4O2/c1-2-23-22(24-15-18-7-9-21(27)10-8-18)25-16-19-5-3-4-6-20(19)17-26-11-13-28-14-12-26/h3-10,27H,2,11-17H2,1H3,(H2,23,24,25). The van der Waals surface area contributed by atoms with Crippen LogP contribution in [0.15, 0.2) is 53.5 Å². The monoisotopic (exact) mass is 382 g/mol. The van der Waals surface area contributed by atoms with Gasteiger partial charge in [0.15, 0.2) is 5.96 Å². The number of guanidine groups is 1. The van der Waals surface area contributed by atoms with Gasteiger partial charge >= 0.3 is 0 Å². The van der Waals surface area contributed by atoms with Crippen molar-refractivity contribution >= 4 is 5.96 Å². The lowest BCUT2D eigenvalue weighted by atomic mass is 10.1. The minimum Gasteiger partial charge on any atom is -0.508 e. The third kappa shape index (κ3) is 6.25. The van der Waals surface area contributed by atoms with Crippen molar-refractivity contribution < 1.29 is 9.84 Å². The summed E-state index contributed by atoms with van der Waals surface area (Å²) in [6, 6.07) is 15.7. The first-order valence-corrected chi connectivity index (χ1v) is 9.91. The molecule has 1 aliphatic rings. The molecule has 1 heterocycles. The highest BCUT2D eigenvalue weighted by atomic mass is 16.5. The molecule has 28 heavy (non-hydrogen) atoms. The van der Waals surface area contributed by atoms with Crippen molar-refractivity contribution in [2.45, 2.75) is 26.6 Å². The SMILES string of the molecule is CCNC(=NCc1ccc(O)cc1)NCc1ccccc1CN1CCOCC1. The molecule has 0 unspecified atom stereocenters. The van der Waals surface area contributed by atoms with E-state index < -0.39 is 0 Å². The van der Waals surface area contributed by atoms with Gasteiger partial charge in [0.2, 0.25) is 0 Å². The molecule has 0 aromatic heterocycles. The van der Waals surface area contributed by atoms with Crippen molar-refractivity contribution in [3.05, 3.63) is 65.2 Å². The highest BCUT2D eigenvalue weighted by Crippen LogP contribution is 2.13. The smallest absolute Gasteiger partial charge is 0.191 e. The van der Waals surface area contributed by atoms with E-state index >= 15 is 0 Å². The Morgan fingerprint density at radius 3 is 2.46 bits per heavy atom. The van der Waals surface area contributed by atoms with Crippen molar-refractivity contribution in [2.75, 3.05) is 32.8 Å². The van der Waals surface area contributed by atoms with E-state index in [0.29, 0.717) is 6.54 Å². The van der Waals surface area contributed by atoms with E-state index in [-0.39, 0.29) is 5.75 Å². The van der Waals surface area contributed by atoms with Gasteiger partial charge in [-0.15, -0.1) is 0 Å². The molecule has 0 atom stereocenters. The summed E-state index contributed by atoms with van der Waals surface area (Å²) in [5.74, 6) is 1.06. The lowest BCUT2D eigenvalue weighted by molar-refractivity contribution is 0.0341. The second kappa shape index (κ2) is 10.7. The second-order valence-corrected chi connectivity index (χ2v) is 6.87. The zero-order valence-electron chi connectivity index (χ0n) is 16.5. The lowest BCUT2D eigenvalue weighted by Gasteiger charge is -2.27. The predicted molar refractivity (Wildman–Crippen MR) is 112 cm³/mol. The summed E-state index contributed by atoms with van der Waals surface area (Å²) in [5, 5.41) is 16.1. The number of morpholine rings is 1. The summed E-state index contributed by atoms with van der Waals surface area (Å²) in [5.41, 5.74) is 3.68. The molecule has 0 radical (unpaired) electrons. The number of rotatable bonds is 7. The Bertz CT molecular complexity index is 755. The third-order valence-electron chi connectivity index (χ3n) is 4.76. The van der Waals surface area contributed by atoms with Crippen LogP contribution in [0.25, 0.3) is 0 Å². The summed E-state index contributed by atoms with van der Waals surface area (Å²) < 4.78 is 5.45. The van der Waals surface area contributed by atoms with Crippen molar-refractivity contribution in [1.29, 1.82) is 0 Å². The van der Waals surface area contributed by atoms with E-state index in [0.717, 1.165) is 57.5 Å². The number of aromatic hydroxyl groups is 1. The molecular formula is C22H30N4O2. The number of nitrogens with zero attached hydrogens (tertiary/aromatic N) is 2. The molecule has 1 saturated heterocycles. The summed E-state index contributed by atoms with van der Waals surface area (Å²) in [6.45, 7) is 8.69. The van der Waals surface area contributed by atoms with Crippen LogP contribution in [0.4, 0.5) is 0 Å². The van der Waals surface area contributed by atoms with Crippen LogP contribution in [0.1, 0.15) is 23.6 Å². The average Bonchev–Trinajstić information content (AvgIpc) is 2.73. The van der Waals surface area contributed by atoms with Gasteiger partial charge in [-0.05, 0) is 35.7 Å². The summed E-state index contributed by atoms with van der Waals surface area (Å²) in [4.78, 5) is 7.10. The fourth-order valence-electron chi connectivity index (χ4n) is 3.18. The van der Waals surface area contributed by atoms with Crippen LogP contribution in [0.5, 0.6) is 5.75 Å². The quantitative estimate of drug-likeness (QED) is 0.507. The van der Waals surface area contributed by atoms with Gasteiger partial charge in [-0.25, -0.2) is 4.99 Å². The van der Waals surface area contributed by atoms with Gasteiger partial charge in [-0.2, -0.15) is 0 Å². The Morgan fingerprint density at radius 1 is 1.04 bits per heavy atom. The average molecular weight is 383 g/mol. The minimum absolute atomic E-state index is 0.273. The van der Waals surface area contributed by atoms with Gasteiger partial charge in [0.1, 0.15) is 5.75 Å². The van der Waals surface area contributed by atoms with E-state index in [1.807, 2.05) is 12.1 Å². The predicted octanol–water partition coefficient (Wildman–Crippen LogP) is 2.48. The molecule has 1 fully saturated rings. The maximum atomic E-state index is 9.40. The number of phenolic OH excluding ortho intramolecular Hbond substituents is 1. The molecule has 0 bridgehead atoms. The molecule has 0 spiro atoms. The fraction of sp³-hybridized carbons (Fsp3) is 0.409. The molecule has 150 valence electrons. The van der Waals surface area contributed by atoms with Gasteiger partial charge in [0.05, 0.1) is 19.8 Å². The summed E-state index contributed by atoms with van der Waals surface area (Å²) in [7, 11) is 0. The minimum atomic E-state index is 0.273. The molecule has 6 heteroatoms. The first-order valence-electron chi connectivity index (χ1n) is 9.91. The Hall–Kier alpha value is -2.57. The molecule has 6 nitrogen and oxygen atoms in total. The normalized spacial score (nSPS) is 15.4. The number of phenols is 1. The highest BCUT2D eigenvalue weighted by Gasteiger charge is 2.12. The van der Waals surface area contributed by atoms with Crippen molar-refractivity contribution in [1.82, 2.24) is 15.5 Å². The number of aliphatic imine (C=N–C) groups is 1. The Kier molecular flexibility index (Phi) is 7.70. The van der Waals surface area contributed by atoms with Crippen LogP contribution in [-0.4, -0.2) is 48.8 Å². The number of hydrogen-bond donors (Lipinski definition) is 3. The van der Waals surface area contributed by atoms with Crippen molar-refractivity contribution in [2.24, 2.45) is 4.99 Å². The van der Waals surface area contributed by atoms with Crippen LogP contribution in [0.3, 0.4) is 0 Å². The molecule has 3 rings (SSSR count). The Morgan fingerprint density at radius 2 is 1.75 bits per heavy atom. The van der Waals surface area contributed by atoms with E-state index in [2.05, 4.69) is 51.7 Å².